The van der Waals surface area contributed by atoms with Gasteiger partial charge in [0, 0.05) is 5.69 Å². The Kier molecular flexibility index (Phi) is 4.07. The van der Waals surface area contributed by atoms with Gasteiger partial charge in [0.2, 0.25) is 0 Å². The molecule has 4 rings (SSSR count). The maximum absolute atomic E-state index is 13.7. The topological polar surface area (TPSA) is 62.0 Å². The molecule has 0 fully saturated rings. The minimum Gasteiger partial charge on any atom is -0.341 e. The van der Waals surface area contributed by atoms with Crippen LogP contribution in [0.3, 0.4) is 0 Å². The lowest BCUT2D eigenvalue weighted by atomic mass is 10.0. The average Bonchev–Trinajstić information content (AvgIpc) is 2.93. The van der Waals surface area contributed by atoms with Crippen molar-refractivity contribution in [3.05, 3.63) is 92.9 Å². The summed E-state index contributed by atoms with van der Waals surface area (Å²) in [4.78, 5) is 26.9. The molecule has 0 saturated heterocycles. The van der Waals surface area contributed by atoms with Crippen LogP contribution >= 0.6 is 0 Å². The number of nitrogens with one attached hydrogen (secondary N) is 2. The Morgan fingerprint density at radius 2 is 1.56 bits per heavy atom. The summed E-state index contributed by atoms with van der Waals surface area (Å²) in [7, 11) is 0. The molecule has 3 aromatic rings. The van der Waals surface area contributed by atoms with E-state index in [2.05, 4.69) is 10.3 Å². The molecule has 0 atom stereocenters. The zero-order chi connectivity index (χ0) is 19.1. The highest BCUT2D eigenvalue weighted by Gasteiger charge is 2.31. The number of carbonyl (C=O) groups excluding carboxylic acids is 1. The molecule has 27 heavy (non-hydrogen) atoms. The van der Waals surface area contributed by atoms with Crippen molar-refractivity contribution in [1.29, 1.82) is 0 Å². The maximum atomic E-state index is 13.7. The number of alkyl halides is 1. The second-order valence-corrected chi connectivity index (χ2v) is 6.23. The fraction of sp³-hybridized carbons (Fsp3) is 0.100. The van der Waals surface area contributed by atoms with Gasteiger partial charge in [0.25, 0.3) is 11.5 Å². The summed E-state index contributed by atoms with van der Waals surface area (Å²) in [6, 6.07) is 10.0. The van der Waals surface area contributed by atoms with Crippen LogP contribution in [0, 0.1) is 11.6 Å². The molecule has 4 nitrogen and oxygen atoms in total. The van der Waals surface area contributed by atoms with E-state index in [0.717, 1.165) is 0 Å². The summed E-state index contributed by atoms with van der Waals surface area (Å²) in [6.45, 7) is -0.850. The van der Waals surface area contributed by atoms with Gasteiger partial charge in [-0.2, -0.15) is 0 Å². The van der Waals surface area contributed by atoms with Gasteiger partial charge >= 0.3 is 0 Å². The highest BCUT2D eigenvalue weighted by Crippen LogP contribution is 2.44. The zero-order valence-corrected chi connectivity index (χ0v) is 13.9. The molecule has 0 radical (unpaired) electrons. The number of benzene rings is 2. The lowest BCUT2D eigenvalue weighted by molar-refractivity contribution is 0.0942. The number of H-pyrrole nitrogens is 1. The Labute approximate surface area is 151 Å². The van der Waals surface area contributed by atoms with Crippen molar-refractivity contribution in [2.24, 2.45) is 0 Å². The Hall–Kier alpha value is -3.35. The summed E-state index contributed by atoms with van der Waals surface area (Å²) < 4.78 is 40.0. The first kappa shape index (κ1) is 17.1. The number of carbonyl (C=O) groups is 1. The Morgan fingerprint density at radius 3 is 2.07 bits per heavy atom. The fourth-order valence-electron chi connectivity index (χ4n) is 3.33. The molecule has 0 spiro atoms. The molecule has 136 valence electrons. The Bertz CT molecular complexity index is 1070. The predicted octanol–water partition coefficient (Wildman–Crippen LogP) is 3.62. The van der Waals surface area contributed by atoms with E-state index >= 15 is 0 Å². The predicted molar refractivity (Wildman–Crippen MR) is 93.0 cm³/mol. The lowest BCUT2D eigenvalue weighted by Crippen LogP contribution is -2.32. The van der Waals surface area contributed by atoms with Gasteiger partial charge in [-0.05, 0) is 58.7 Å². The normalized spacial score (nSPS) is 12.6. The number of fused-ring (bicyclic) bond motifs is 3. The number of halogens is 3. The number of aromatic nitrogens is 1. The number of rotatable bonds is 3. The SMILES string of the molecule is O=C(NC1c2ccc(F)cc2-c2cc(F)ccc21)c1ccc(CF)[nH]c1=O. The summed E-state index contributed by atoms with van der Waals surface area (Å²) in [5.41, 5.74) is 1.35. The van der Waals surface area contributed by atoms with Crippen LogP contribution in [-0.2, 0) is 6.67 Å². The first-order chi connectivity index (χ1) is 13.0. The molecule has 1 aliphatic carbocycles. The van der Waals surface area contributed by atoms with Crippen molar-refractivity contribution < 1.29 is 18.0 Å². The van der Waals surface area contributed by atoms with Crippen LogP contribution in [0.2, 0.25) is 0 Å². The summed E-state index contributed by atoms with van der Waals surface area (Å²) in [5, 5.41) is 2.73. The molecule has 0 unspecified atom stereocenters. The van der Waals surface area contributed by atoms with E-state index in [1.165, 1.54) is 48.5 Å². The largest absolute Gasteiger partial charge is 0.341 e. The van der Waals surface area contributed by atoms with Crippen LogP contribution in [0.1, 0.15) is 33.2 Å². The molecule has 0 bridgehead atoms. The van der Waals surface area contributed by atoms with Crippen molar-refractivity contribution in [1.82, 2.24) is 10.3 Å². The van der Waals surface area contributed by atoms with Crippen LogP contribution < -0.4 is 10.9 Å². The molecular formula is C20H13F3N2O2. The summed E-state index contributed by atoms with van der Waals surface area (Å²) in [6.07, 6.45) is 0. The van der Waals surface area contributed by atoms with Crippen molar-refractivity contribution >= 4 is 5.91 Å². The van der Waals surface area contributed by atoms with Gasteiger partial charge in [-0.1, -0.05) is 12.1 Å². The smallest absolute Gasteiger partial charge is 0.261 e. The minimum absolute atomic E-state index is 0.0686. The van der Waals surface area contributed by atoms with Crippen LogP contribution in [0.5, 0.6) is 0 Å². The summed E-state index contributed by atoms with van der Waals surface area (Å²) in [5.74, 6) is -1.62. The minimum atomic E-state index is -0.850. The molecule has 0 aliphatic heterocycles. The van der Waals surface area contributed by atoms with Gasteiger partial charge in [-0.15, -0.1) is 0 Å². The van der Waals surface area contributed by atoms with E-state index in [0.29, 0.717) is 22.3 Å². The number of aromatic amines is 1. The molecule has 1 amide bonds. The first-order valence-electron chi connectivity index (χ1n) is 8.16. The van der Waals surface area contributed by atoms with Crippen molar-refractivity contribution in [2.75, 3.05) is 0 Å². The van der Waals surface area contributed by atoms with Crippen molar-refractivity contribution in [3.63, 3.8) is 0 Å². The standard InChI is InChI=1S/C20H13F3N2O2/c21-9-12-3-6-15(19(26)24-12)20(27)25-18-13-4-1-10(22)7-16(13)17-8-11(23)2-5-14(17)18/h1-8,18H,9H2,(H,24,26)(H,25,27). The summed E-state index contributed by atoms with van der Waals surface area (Å²) >= 11 is 0. The molecule has 7 heteroatoms. The quantitative estimate of drug-likeness (QED) is 0.740. The monoisotopic (exact) mass is 370 g/mol. The lowest BCUT2D eigenvalue weighted by Gasteiger charge is -2.16. The molecular weight excluding hydrogens is 357 g/mol. The third-order valence-electron chi connectivity index (χ3n) is 4.58. The van der Waals surface area contributed by atoms with E-state index in [1.807, 2.05) is 0 Å². The van der Waals surface area contributed by atoms with Gasteiger partial charge in [-0.3, -0.25) is 9.59 Å². The van der Waals surface area contributed by atoms with Gasteiger partial charge in [0.15, 0.2) is 0 Å². The Morgan fingerprint density at radius 1 is 0.963 bits per heavy atom. The van der Waals surface area contributed by atoms with E-state index in [9.17, 15) is 22.8 Å². The number of pyridine rings is 1. The first-order valence-corrected chi connectivity index (χ1v) is 8.16. The molecule has 1 aliphatic rings. The van der Waals surface area contributed by atoms with Gasteiger partial charge < -0.3 is 10.3 Å². The van der Waals surface area contributed by atoms with E-state index in [1.54, 1.807) is 0 Å². The fourth-order valence-corrected chi connectivity index (χ4v) is 3.33. The van der Waals surface area contributed by atoms with Crippen LogP contribution in [0.25, 0.3) is 11.1 Å². The third kappa shape index (κ3) is 2.91. The molecule has 2 N–H and O–H groups in total. The van der Waals surface area contributed by atoms with Crippen molar-refractivity contribution in [3.8, 4) is 11.1 Å². The van der Waals surface area contributed by atoms with Crippen LogP contribution in [-0.4, -0.2) is 10.9 Å². The number of hydrogen-bond donors (Lipinski definition) is 2. The highest BCUT2D eigenvalue weighted by atomic mass is 19.1. The Balaban J connectivity index is 1.75. The van der Waals surface area contributed by atoms with Gasteiger partial charge in [0.05, 0.1) is 6.04 Å². The van der Waals surface area contributed by atoms with Gasteiger partial charge in [-0.25, -0.2) is 13.2 Å². The van der Waals surface area contributed by atoms with E-state index in [4.69, 9.17) is 0 Å². The van der Waals surface area contributed by atoms with Crippen LogP contribution in [0.15, 0.2) is 53.3 Å². The van der Waals surface area contributed by atoms with E-state index < -0.39 is 35.8 Å². The van der Waals surface area contributed by atoms with Crippen molar-refractivity contribution in [2.45, 2.75) is 12.7 Å². The number of hydrogen-bond acceptors (Lipinski definition) is 2. The van der Waals surface area contributed by atoms with E-state index in [-0.39, 0.29) is 11.3 Å². The average molecular weight is 370 g/mol. The maximum Gasteiger partial charge on any atom is 0.261 e. The van der Waals surface area contributed by atoms with Crippen LogP contribution in [0.4, 0.5) is 13.2 Å². The second kappa shape index (κ2) is 6.42. The second-order valence-electron chi connectivity index (χ2n) is 6.23. The number of amides is 1. The molecule has 2 aromatic carbocycles. The molecule has 1 aromatic heterocycles. The molecule has 0 saturated carbocycles. The highest BCUT2D eigenvalue weighted by molar-refractivity contribution is 5.95. The molecule has 1 heterocycles. The van der Waals surface area contributed by atoms with Gasteiger partial charge in [0.1, 0.15) is 23.9 Å². The third-order valence-corrected chi connectivity index (χ3v) is 4.58. The zero-order valence-electron chi connectivity index (χ0n) is 13.9.